The minimum Gasteiger partial charge on any atom is -0.379 e. The van der Waals surface area contributed by atoms with Gasteiger partial charge in [-0.15, -0.1) is 0 Å². The van der Waals surface area contributed by atoms with E-state index in [-0.39, 0.29) is 49.5 Å². The molecule has 2 aromatic rings. The first kappa shape index (κ1) is 43.6. The number of rotatable bonds is 32. The summed E-state index contributed by atoms with van der Waals surface area (Å²) in [6.07, 6.45) is 3.26. The maximum atomic E-state index is 13.1. The number of ether oxygens (including phenoxy) is 8. The molecule has 0 saturated heterocycles. The third-order valence-corrected chi connectivity index (χ3v) is 6.68. The number of nitrogens with two attached hydrogens (primary N) is 1. The van der Waals surface area contributed by atoms with Crippen molar-refractivity contribution < 1.29 is 52.3 Å². The van der Waals surface area contributed by atoms with Gasteiger partial charge in [-0.3, -0.25) is 19.4 Å². The fourth-order valence-electron chi connectivity index (χ4n) is 4.13. The van der Waals surface area contributed by atoms with E-state index < -0.39 is 17.7 Å². The summed E-state index contributed by atoms with van der Waals surface area (Å²) in [5.74, 6) is -1.35. The van der Waals surface area contributed by atoms with Crippen molar-refractivity contribution in [3.05, 3.63) is 65.0 Å². The van der Waals surface area contributed by atoms with Gasteiger partial charge >= 0.3 is 0 Å². The fourth-order valence-corrected chi connectivity index (χ4v) is 4.13. The van der Waals surface area contributed by atoms with Crippen LogP contribution in [0.5, 0.6) is 0 Å². The second kappa shape index (κ2) is 30.1. The van der Waals surface area contributed by atoms with Crippen molar-refractivity contribution in [2.24, 2.45) is 5.73 Å². The Morgan fingerprint density at radius 1 is 0.529 bits per heavy atom. The van der Waals surface area contributed by atoms with Crippen LogP contribution in [0, 0.1) is 0 Å². The Labute approximate surface area is 300 Å². The quantitative estimate of drug-likeness (QED) is 0.0766. The molecular weight excluding hydrogens is 666 g/mol. The smallest absolute Gasteiger partial charge is 0.251 e. The lowest BCUT2D eigenvalue weighted by Gasteiger charge is -2.12. The maximum absolute atomic E-state index is 13.1. The molecule has 51 heavy (non-hydrogen) atoms. The number of carbonyl (C=O) groups is 3. The molecule has 0 unspecified atom stereocenters. The molecule has 3 amide bonds. The highest BCUT2D eigenvalue weighted by Gasteiger charge is 2.16. The van der Waals surface area contributed by atoms with Crippen LogP contribution >= 0.6 is 0 Å². The SMILES string of the molecule is CCOCCOCCOCCOCCNC(=O)c1cc(C(=O)NCCOCCOCCOCCOCCN)cc(C(=O)NCc2ccncc2)c1. The molecule has 16 nitrogen and oxygen atoms in total. The van der Waals surface area contributed by atoms with Gasteiger partial charge in [0.2, 0.25) is 0 Å². The van der Waals surface area contributed by atoms with Gasteiger partial charge in [0.15, 0.2) is 0 Å². The minimum atomic E-state index is -0.455. The van der Waals surface area contributed by atoms with E-state index in [1.54, 1.807) is 24.5 Å². The van der Waals surface area contributed by atoms with Crippen LogP contribution in [0.25, 0.3) is 0 Å². The topological polar surface area (TPSA) is 200 Å². The predicted molar refractivity (Wildman–Crippen MR) is 188 cm³/mol. The van der Waals surface area contributed by atoms with Gasteiger partial charge in [0.25, 0.3) is 17.7 Å². The lowest BCUT2D eigenvalue weighted by molar-refractivity contribution is -0.000579. The van der Waals surface area contributed by atoms with Crippen molar-refractivity contribution in [2.75, 3.05) is 125 Å². The van der Waals surface area contributed by atoms with Crippen LogP contribution in [0.4, 0.5) is 0 Å². The Morgan fingerprint density at radius 3 is 1.27 bits per heavy atom. The molecule has 0 radical (unpaired) electrons. The van der Waals surface area contributed by atoms with Gasteiger partial charge in [-0.05, 0) is 42.8 Å². The third-order valence-electron chi connectivity index (χ3n) is 6.68. The summed E-state index contributed by atoms with van der Waals surface area (Å²) < 4.78 is 43.2. The monoisotopic (exact) mass is 721 g/mol. The minimum absolute atomic E-state index is 0.156. The van der Waals surface area contributed by atoms with Gasteiger partial charge in [-0.2, -0.15) is 0 Å². The van der Waals surface area contributed by atoms with Gasteiger partial charge in [0.05, 0.1) is 99.1 Å². The summed E-state index contributed by atoms with van der Waals surface area (Å²) >= 11 is 0. The Kier molecular flexibility index (Phi) is 25.7. The van der Waals surface area contributed by atoms with Crippen molar-refractivity contribution in [1.82, 2.24) is 20.9 Å². The Morgan fingerprint density at radius 2 is 0.882 bits per heavy atom. The summed E-state index contributed by atoms with van der Waals surface area (Å²) in [7, 11) is 0. The van der Waals surface area contributed by atoms with Crippen LogP contribution in [0.3, 0.4) is 0 Å². The first-order chi connectivity index (χ1) is 25.0. The average molecular weight is 722 g/mol. The van der Waals surface area contributed by atoms with Gasteiger partial charge in [0.1, 0.15) is 0 Å². The van der Waals surface area contributed by atoms with Crippen LogP contribution in [0.15, 0.2) is 42.7 Å². The molecule has 2 rings (SSSR count). The number of carbonyl (C=O) groups excluding carboxylic acids is 3. The van der Waals surface area contributed by atoms with E-state index in [4.69, 9.17) is 43.6 Å². The van der Waals surface area contributed by atoms with Gasteiger partial charge in [-0.25, -0.2) is 0 Å². The maximum Gasteiger partial charge on any atom is 0.251 e. The van der Waals surface area contributed by atoms with Crippen molar-refractivity contribution in [2.45, 2.75) is 13.5 Å². The standard InChI is InChI=1S/C35H55N5O11/c1-2-44-13-14-48-21-22-50-19-16-46-11-8-38-33(41)30-25-31(27-32(26-30)35(43)40-28-29-3-6-37-7-4-29)34(42)39-9-12-47-17-20-51-24-23-49-18-15-45-10-5-36/h3-4,6-7,25-27H,2,5,8-24,28,36H2,1H3,(H,38,41)(H,39,42)(H,40,43). The predicted octanol–water partition coefficient (Wildman–Crippen LogP) is 0.583. The highest BCUT2D eigenvalue weighted by atomic mass is 16.6. The molecule has 0 bridgehead atoms. The van der Waals surface area contributed by atoms with Gasteiger partial charge in [0, 0.05) is 61.9 Å². The van der Waals surface area contributed by atoms with Crippen LogP contribution in [0.2, 0.25) is 0 Å². The molecule has 0 atom stereocenters. The first-order valence-electron chi connectivity index (χ1n) is 17.3. The zero-order valence-electron chi connectivity index (χ0n) is 29.7. The molecule has 0 saturated carbocycles. The zero-order valence-corrected chi connectivity index (χ0v) is 29.7. The summed E-state index contributed by atoms with van der Waals surface area (Å²) in [5, 5.41) is 8.35. The number of hydrogen-bond donors (Lipinski definition) is 4. The van der Waals surface area contributed by atoms with E-state index in [1.807, 2.05) is 6.92 Å². The Bertz CT molecular complexity index is 1210. The van der Waals surface area contributed by atoms with E-state index in [1.165, 1.54) is 18.2 Å². The first-order valence-corrected chi connectivity index (χ1v) is 17.3. The molecule has 0 spiro atoms. The van der Waals surface area contributed by atoms with Crippen LogP contribution in [0.1, 0.15) is 43.6 Å². The molecule has 1 aromatic carbocycles. The molecule has 286 valence electrons. The van der Waals surface area contributed by atoms with E-state index in [2.05, 4.69) is 20.9 Å². The molecule has 1 heterocycles. The number of hydrogen-bond acceptors (Lipinski definition) is 13. The molecule has 0 fully saturated rings. The van der Waals surface area contributed by atoms with Crippen LogP contribution in [-0.4, -0.2) is 148 Å². The van der Waals surface area contributed by atoms with E-state index in [0.29, 0.717) is 99.0 Å². The van der Waals surface area contributed by atoms with E-state index >= 15 is 0 Å². The van der Waals surface area contributed by atoms with Crippen molar-refractivity contribution in [3.63, 3.8) is 0 Å². The molecule has 0 aliphatic carbocycles. The summed E-state index contributed by atoms with van der Waals surface area (Å²) in [6.45, 7) is 10.1. The normalized spacial score (nSPS) is 11.0. The van der Waals surface area contributed by atoms with Gasteiger partial charge in [-0.1, -0.05) is 0 Å². The second-order valence-electron chi connectivity index (χ2n) is 10.6. The number of benzene rings is 1. The highest BCUT2D eigenvalue weighted by molar-refractivity contribution is 6.04. The summed E-state index contributed by atoms with van der Waals surface area (Å²) in [4.78, 5) is 43.1. The zero-order chi connectivity index (χ0) is 36.6. The number of aromatic nitrogens is 1. The van der Waals surface area contributed by atoms with Crippen LogP contribution in [-0.2, 0) is 44.4 Å². The van der Waals surface area contributed by atoms with Crippen LogP contribution < -0.4 is 21.7 Å². The molecule has 5 N–H and O–H groups in total. The summed E-state index contributed by atoms with van der Waals surface area (Å²) in [5.41, 5.74) is 6.68. The highest BCUT2D eigenvalue weighted by Crippen LogP contribution is 2.12. The Balaban J connectivity index is 1.76. The van der Waals surface area contributed by atoms with E-state index in [9.17, 15) is 14.4 Å². The second-order valence-corrected chi connectivity index (χ2v) is 10.6. The fraction of sp³-hybridized carbons (Fsp3) is 0.600. The van der Waals surface area contributed by atoms with E-state index in [0.717, 1.165) is 5.56 Å². The summed E-state index contributed by atoms with van der Waals surface area (Å²) in [6, 6.07) is 7.90. The molecule has 1 aromatic heterocycles. The number of nitrogens with zero attached hydrogens (tertiary/aromatic N) is 1. The largest absolute Gasteiger partial charge is 0.379 e. The number of amides is 3. The number of nitrogens with one attached hydrogen (secondary N) is 3. The van der Waals surface area contributed by atoms with Crippen molar-refractivity contribution in [3.8, 4) is 0 Å². The van der Waals surface area contributed by atoms with Crippen molar-refractivity contribution >= 4 is 17.7 Å². The average Bonchev–Trinajstić information content (AvgIpc) is 3.15. The lowest BCUT2D eigenvalue weighted by atomic mass is 10.0. The Hall–Kier alpha value is -3.58. The number of pyridine rings is 1. The molecular formula is C35H55N5O11. The van der Waals surface area contributed by atoms with Crippen molar-refractivity contribution in [1.29, 1.82) is 0 Å². The molecule has 0 aliphatic heterocycles. The third kappa shape index (κ3) is 22.1. The van der Waals surface area contributed by atoms with Gasteiger partial charge < -0.3 is 59.6 Å². The molecule has 0 aliphatic rings. The molecule has 16 heteroatoms. The lowest BCUT2D eigenvalue weighted by Crippen LogP contribution is -2.31.